The molecule has 3 aromatic rings. The lowest BCUT2D eigenvalue weighted by Gasteiger charge is -2.18. The molecule has 0 aromatic carbocycles. The Morgan fingerprint density at radius 1 is 1.19 bits per heavy atom. The first-order valence-electron chi connectivity index (χ1n) is 8.97. The van der Waals surface area contributed by atoms with Crippen molar-refractivity contribution in [2.24, 2.45) is 0 Å². The lowest BCUT2D eigenvalue weighted by Crippen LogP contribution is -2.44. The van der Waals surface area contributed by atoms with Crippen molar-refractivity contribution in [1.29, 1.82) is 0 Å². The Labute approximate surface area is 160 Å². The van der Waals surface area contributed by atoms with Crippen molar-refractivity contribution >= 4 is 28.4 Å². The Balaban J connectivity index is 1.94. The van der Waals surface area contributed by atoms with Crippen LogP contribution in [-0.4, -0.2) is 20.0 Å². The third kappa shape index (κ3) is 3.85. The third-order valence-corrected chi connectivity index (χ3v) is 5.39. The molecule has 0 fully saturated rings. The monoisotopic (exact) mass is 386 g/mol. The third-order valence-electron chi connectivity index (χ3n) is 4.40. The zero-order chi connectivity index (χ0) is 19.4. The molecule has 7 nitrogen and oxygen atoms in total. The average molecular weight is 386 g/mol. The first kappa shape index (κ1) is 19.0. The van der Waals surface area contributed by atoms with Gasteiger partial charge in [-0.2, -0.15) is 0 Å². The summed E-state index contributed by atoms with van der Waals surface area (Å²) in [5.41, 5.74) is -0.501. The van der Waals surface area contributed by atoms with Gasteiger partial charge in [-0.3, -0.25) is 23.5 Å². The Kier molecular flexibility index (Phi) is 5.85. The summed E-state index contributed by atoms with van der Waals surface area (Å²) >= 11 is 1.59. The number of thiophene rings is 1. The lowest BCUT2D eigenvalue weighted by atomic mass is 10.1. The maximum Gasteiger partial charge on any atom is 0.318 e. The van der Waals surface area contributed by atoms with Crippen molar-refractivity contribution < 1.29 is 4.79 Å². The summed E-state index contributed by atoms with van der Waals surface area (Å²) < 4.78 is 2.54. The minimum atomic E-state index is -0.712. The Morgan fingerprint density at radius 2 is 1.96 bits per heavy atom. The first-order chi connectivity index (χ1) is 13.1. The van der Waals surface area contributed by atoms with Crippen LogP contribution in [0, 0.1) is 0 Å². The van der Waals surface area contributed by atoms with Crippen LogP contribution in [0.25, 0.3) is 11.2 Å². The minimum Gasteiger partial charge on any atom is -0.347 e. The summed E-state index contributed by atoms with van der Waals surface area (Å²) in [5, 5.41) is 4.96. The molecule has 3 heterocycles. The van der Waals surface area contributed by atoms with Crippen LogP contribution in [0.4, 0.5) is 0 Å². The molecule has 0 saturated heterocycles. The van der Waals surface area contributed by atoms with Crippen LogP contribution in [-0.2, 0) is 17.9 Å². The van der Waals surface area contributed by atoms with Crippen molar-refractivity contribution in [2.45, 2.75) is 45.8 Å². The zero-order valence-electron chi connectivity index (χ0n) is 15.3. The molecule has 0 aliphatic heterocycles. The molecule has 27 heavy (non-hydrogen) atoms. The van der Waals surface area contributed by atoms with Crippen molar-refractivity contribution in [3.8, 4) is 0 Å². The highest BCUT2D eigenvalue weighted by atomic mass is 32.1. The van der Waals surface area contributed by atoms with E-state index in [1.807, 2.05) is 17.5 Å². The number of aromatic nitrogens is 3. The molecule has 0 radical (unpaired) electrons. The van der Waals surface area contributed by atoms with E-state index in [2.05, 4.69) is 17.2 Å². The molecule has 0 unspecified atom stereocenters. The van der Waals surface area contributed by atoms with Gasteiger partial charge in [0, 0.05) is 17.6 Å². The topological polar surface area (TPSA) is 86.0 Å². The van der Waals surface area contributed by atoms with Crippen LogP contribution in [0.3, 0.4) is 0 Å². The minimum absolute atomic E-state index is 0.0985. The van der Waals surface area contributed by atoms with Gasteiger partial charge in [-0.25, -0.2) is 4.98 Å². The van der Waals surface area contributed by atoms with E-state index >= 15 is 0 Å². The van der Waals surface area contributed by atoms with Gasteiger partial charge in [-0.15, -0.1) is 11.3 Å². The quantitative estimate of drug-likeness (QED) is 0.631. The number of amides is 1. The van der Waals surface area contributed by atoms with Gasteiger partial charge in [0.05, 0.1) is 11.6 Å². The Hall–Kier alpha value is -2.74. The highest BCUT2D eigenvalue weighted by molar-refractivity contribution is 7.10. The summed E-state index contributed by atoms with van der Waals surface area (Å²) in [5.74, 6) is -0.303. The molecule has 142 valence electrons. The second-order valence-corrected chi connectivity index (χ2v) is 7.19. The van der Waals surface area contributed by atoms with E-state index in [1.165, 1.54) is 9.13 Å². The lowest BCUT2D eigenvalue weighted by molar-refractivity contribution is -0.122. The molecule has 1 atom stereocenters. The summed E-state index contributed by atoms with van der Waals surface area (Å²) in [4.78, 5) is 42.9. The number of carbonyl (C=O) groups is 1. The maximum atomic E-state index is 12.7. The second-order valence-electron chi connectivity index (χ2n) is 6.21. The number of rotatable bonds is 7. The predicted molar refractivity (Wildman–Crippen MR) is 106 cm³/mol. The van der Waals surface area contributed by atoms with Gasteiger partial charge in [-0.1, -0.05) is 19.4 Å². The van der Waals surface area contributed by atoms with Gasteiger partial charge in [0.15, 0.2) is 5.65 Å². The molecule has 1 amide bonds. The van der Waals surface area contributed by atoms with Crippen molar-refractivity contribution in [1.82, 2.24) is 19.4 Å². The normalized spacial score (nSPS) is 12.2. The van der Waals surface area contributed by atoms with Gasteiger partial charge in [0.1, 0.15) is 6.54 Å². The fourth-order valence-electron chi connectivity index (χ4n) is 3.14. The van der Waals surface area contributed by atoms with Crippen LogP contribution in [0.5, 0.6) is 0 Å². The van der Waals surface area contributed by atoms with Gasteiger partial charge in [-0.05, 0) is 36.9 Å². The van der Waals surface area contributed by atoms with E-state index in [1.54, 1.807) is 36.6 Å². The molecule has 0 saturated carbocycles. The van der Waals surface area contributed by atoms with E-state index in [9.17, 15) is 14.4 Å². The fraction of sp³-hybridized carbons (Fsp3) is 0.368. The Morgan fingerprint density at radius 3 is 2.63 bits per heavy atom. The van der Waals surface area contributed by atoms with Gasteiger partial charge in [0.2, 0.25) is 5.91 Å². The molecule has 3 rings (SSSR count). The van der Waals surface area contributed by atoms with Gasteiger partial charge >= 0.3 is 11.1 Å². The largest absolute Gasteiger partial charge is 0.347 e. The smallest absolute Gasteiger partial charge is 0.318 e. The van der Waals surface area contributed by atoms with Crippen LogP contribution < -0.4 is 16.4 Å². The molecule has 0 aliphatic carbocycles. The molecule has 8 heteroatoms. The summed E-state index contributed by atoms with van der Waals surface area (Å²) in [7, 11) is 0. The fourth-order valence-corrected chi connectivity index (χ4v) is 3.95. The van der Waals surface area contributed by atoms with E-state index in [-0.39, 0.29) is 18.5 Å². The highest BCUT2D eigenvalue weighted by Gasteiger charge is 2.18. The van der Waals surface area contributed by atoms with Crippen LogP contribution in [0.2, 0.25) is 0 Å². The van der Waals surface area contributed by atoms with Crippen molar-refractivity contribution in [3.63, 3.8) is 0 Å². The first-order valence-corrected chi connectivity index (χ1v) is 9.85. The number of hydrogen-bond acceptors (Lipinski definition) is 5. The average Bonchev–Trinajstić information content (AvgIpc) is 3.20. The standard InChI is InChI=1S/C19H22N4O3S/c1-3-7-13(15-9-6-11-27-15)21-16(24)12-23-14-8-5-10-20-17(14)22(4-2)18(25)19(23)26/h5-6,8-11,13H,3-4,7,12H2,1-2H3,(H,21,24)/t13-/m0/s1. The van der Waals surface area contributed by atoms with E-state index in [0.717, 1.165) is 17.7 Å². The molecule has 0 aliphatic rings. The number of carbonyl (C=O) groups excluding carboxylic acids is 1. The summed E-state index contributed by atoms with van der Waals surface area (Å²) in [6, 6.07) is 7.22. The van der Waals surface area contributed by atoms with Gasteiger partial charge < -0.3 is 5.32 Å². The maximum absolute atomic E-state index is 12.7. The zero-order valence-corrected chi connectivity index (χ0v) is 16.2. The van der Waals surface area contributed by atoms with E-state index in [4.69, 9.17) is 0 Å². The van der Waals surface area contributed by atoms with Crippen molar-refractivity contribution in [3.05, 3.63) is 61.4 Å². The Bertz CT molecular complexity index is 1050. The molecule has 0 spiro atoms. The molecule has 3 aromatic heterocycles. The van der Waals surface area contributed by atoms with E-state index < -0.39 is 11.1 Å². The molecule has 1 N–H and O–H groups in total. The number of fused-ring (bicyclic) bond motifs is 1. The highest BCUT2D eigenvalue weighted by Crippen LogP contribution is 2.23. The summed E-state index contributed by atoms with van der Waals surface area (Å²) in [6.07, 6.45) is 3.29. The summed E-state index contributed by atoms with van der Waals surface area (Å²) in [6.45, 7) is 3.96. The predicted octanol–water partition coefficient (Wildman–Crippen LogP) is 2.30. The number of hydrogen-bond donors (Lipinski definition) is 1. The van der Waals surface area contributed by atoms with Crippen LogP contribution in [0.1, 0.15) is 37.6 Å². The van der Waals surface area contributed by atoms with Crippen LogP contribution in [0.15, 0.2) is 45.4 Å². The van der Waals surface area contributed by atoms with Crippen LogP contribution >= 0.6 is 11.3 Å². The molecular weight excluding hydrogens is 364 g/mol. The molecule has 0 bridgehead atoms. The molecular formula is C19H22N4O3S. The number of pyridine rings is 1. The number of nitrogens with one attached hydrogen (secondary N) is 1. The van der Waals surface area contributed by atoms with Gasteiger partial charge in [0.25, 0.3) is 0 Å². The van der Waals surface area contributed by atoms with E-state index in [0.29, 0.717) is 17.7 Å². The second kappa shape index (κ2) is 8.30. The van der Waals surface area contributed by atoms with Crippen molar-refractivity contribution in [2.75, 3.05) is 0 Å². The number of aryl methyl sites for hydroxylation is 1. The SMILES string of the molecule is CCC[C@H](NC(=O)Cn1c(=O)c(=O)n(CC)c2ncccc21)c1cccs1. The number of nitrogens with zero attached hydrogens (tertiary/aromatic N) is 3.